The first-order valence-corrected chi connectivity index (χ1v) is 6.03. The van der Waals surface area contributed by atoms with E-state index in [2.05, 4.69) is 0 Å². The average molecular weight is 239 g/mol. The van der Waals surface area contributed by atoms with Gasteiger partial charge >= 0.3 is 0 Å². The number of hydrogen-bond donors (Lipinski definition) is 0. The van der Waals surface area contributed by atoms with E-state index in [0.717, 1.165) is 5.69 Å². The fourth-order valence-corrected chi connectivity index (χ4v) is 2.65. The van der Waals surface area contributed by atoms with Crippen LogP contribution in [0.5, 0.6) is 0 Å². The third-order valence-corrected chi connectivity index (χ3v) is 3.50. The van der Waals surface area contributed by atoms with E-state index in [9.17, 15) is 9.59 Å². The molecule has 1 aromatic carbocycles. The Labute approximate surface area is 105 Å². The molecule has 90 valence electrons. The van der Waals surface area contributed by atoms with Gasteiger partial charge in [-0.1, -0.05) is 24.3 Å². The summed E-state index contributed by atoms with van der Waals surface area (Å²) in [6.07, 6.45) is 0. The molecule has 1 heterocycles. The number of ketones is 2. The third kappa shape index (κ3) is 1.24. The minimum absolute atomic E-state index is 0.0458. The van der Waals surface area contributed by atoms with E-state index in [-0.39, 0.29) is 11.6 Å². The van der Waals surface area contributed by atoms with Gasteiger partial charge in [-0.25, -0.2) is 0 Å². The molecular formula is C15H13NO2. The Bertz CT molecular complexity index is 680. The monoisotopic (exact) mass is 239 g/mol. The van der Waals surface area contributed by atoms with Crippen LogP contribution >= 0.6 is 0 Å². The number of hydrogen-bond acceptors (Lipinski definition) is 2. The zero-order chi connectivity index (χ0) is 12.9. The number of benzene rings is 1. The van der Waals surface area contributed by atoms with Gasteiger partial charge in [-0.15, -0.1) is 0 Å². The molecule has 1 aromatic heterocycles. The number of carbonyl (C=O) groups excluding carboxylic acids is 2. The molecule has 0 bridgehead atoms. The van der Waals surface area contributed by atoms with Gasteiger partial charge in [-0.05, 0) is 19.9 Å². The lowest BCUT2D eigenvalue weighted by Gasteiger charge is -2.16. The first kappa shape index (κ1) is 11.0. The van der Waals surface area contributed by atoms with Gasteiger partial charge in [0.15, 0.2) is 5.78 Å². The molecule has 0 unspecified atom stereocenters. The van der Waals surface area contributed by atoms with Crippen LogP contribution in [-0.4, -0.2) is 16.1 Å². The summed E-state index contributed by atoms with van der Waals surface area (Å²) in [4.78, 5) is 24.8. The summed E-state index contributed by atoms with van der Waals surface area (Å²) in [5.41, 5.74) is 3.07. The molecule has 0 saturated carbocycles. The van der Waals surface area contributed by atoms with Gasteiger partial charge in [0.05, 0.1) is 5.56 Å². The van der Waals surface area contributed by atoms with Gasteiger partial charge in [0, 0.05) is 23.4 Å². The van der Waals surface area contributed by atoms with Gasteiger partial charge in [-0.3, -0.25) is 9.59 Å². The van der Waals surface area contributed by atoms with Crippen molar-refractivity contribution in [3.05, 3.63) is 58.4 Å². The summed E-state index contributed by atoms with van der Waals surface area (Å²) in [5, 5.41) is 0. The smallest absolute Gasteiger partial charge is 0.210 e. The number of fused-ring (bicyclic) bond motifs is 2. The minimum atomic E-state index is -0.0462. The van der Waals surface area contributed by atoms with Gasteiger partial charge in [-0.2, -0.15) is 0 Å². The maximum Gasteiger partial charge on any atom is 0.210 e. The molecule has 0 radical (unpaired) electrons. The van der Waals surface area contributed by atoms with Crippen LogP contribution in [0.4, 0.5) is 0 Å². The molecule has 0 amide bonds. The number of aryl methyl sites for hydroxylation is 1. The summed E-state index contributed by atoms with van der Waals surface area (Å²) in [5.74, 6) is -0.0920. The van der Waals surface area contributed by atoms with Crippen LogP contribution in [0.25, 0.3) is 0 Å². The average Bonchev–Trinajstić information content (AvgIpc) is 2.73. The van der Waals surface area contributed by atoms with E-state index < -0.39 is 0 Å². The second-order valence-corrected chi connectivity index (χ2v) is 4.50. The highest BCUT2D eigenvalue weighted by Gasteiger charge is 2.32. The van der Waals surface area contributed by atoms with E-state index in [1.54, 1.807) is 24.3 Å². The lowest BCUT2D eigenvalue weighted by molar-refractivity contribution is 0.0973. The largest absolute Gasteiger partial charge is 0.342 e. The predicted molar refractivity (Wildman–Crippen MR) is 68.2 cm³/mol. The Morgan fingerprint density at radius 3 is 2.22 bits per heavy atom. The number of aromatic nitrogens is 1. The molecule has 0 spiro atoms. The van der Waals surface area contributed by atoms with Crippen LogP contribution in [0, 0.1) is 6.92 Å². The number of rotatable bonds is 1. The highest BCUT2D eigenvalue weighted by Crippen LogP contribution is 2.29. The van der Waals surface area contributed by atoms with E-state index in [0.29, 0.717) is 28.9 Å². The molecule has 2 aromatic rings. The molecule has 1 aliphatic carbocycles. The van der Waals surface area contributed by atoms with Crippen molar-refractivity contribution in [3.63, 3.8) is 0 Å². The van der Waals surface area contributed by atoms with Crippen molar-refractivity contribution >= 4 is 11.6 Å². The molecule has 0 fully saturated rings. The molecule has 3 heteroatoms. The van der Waals surface area contributed by atoms with Crippen molar-refractivity contribution in [1.82, 2.24) is 4.57 Å². The van der Waals surface area contributed by atoms with Crippen molar-refractivity contribution in [3.8, 4) is 0 Å². The zero-order valence-corrected chi connectivity index (χ0v) is 10.4. The van der Waals surface area contributed by atoms with Crippen LogP contribution in [0.3, 0.4) is 0 Å². The van der Waals surface area contributed by atoms with E-state index in [1.807, 2.05) is 24.5 Å². The minimum Gasteiger partial charge on any atom is -0.342 e. The molecule has 3 nitrogen and oxygen atoms in total. The SMILES string of the molecule is CCn1c(C)cc2c1C(=O)c1ccccc1C2=O. The summed E-state index contributed by atoms with van der Waals surface area (Å²) < 4.78 is 1.91. The molecule has 0 aliphatic heterocycles. The Balaban J connectivity index is 2.34. The highest BCUT2D eigenvalue weighted by atomic mass is 16.1. The van der Waals surface area contributed by atoms with Crippen LogP contribution < -0.4 is 0 Å². The molecule has 0 N–H and O–H groups in total. The van der Waals surface area contributed by atoms with Crippen molar-refractivity contribution in [2.45, 2.75) is 20.4 Å². The first-order chi connectivity index (χ1) is 8.65. The van der Waals surface area contributed by atoms with Crippen molar-refractivity contribution < 1.29 is 9.59 Å². The van der Waals surface area contributed by atoms with Crippen molar-refractivity contribution in [2.75, 3.05) is 0 Å². The normalized spacial score (nSPS) is 13.4. The Morgan fingerprint density at radius 1 is 1.00 bits per heavy atom. The standard InChI is InChI=1S/C15H13NO2/c1-3-16-9(2)8-12-13(16)15(18)11-7-5-4-6-10(11)14(12)17/h4-8H,3H2,1-2H3. The van der Waals surface area contributed by atoms with Gasteiger partial charge < -0.3 is 4.57 Å². The first-order valence-electron chi connectivity index (χ1n) is 6.03. The van der Waals surface area contributed by atoms with Crippen LogP contribution in [-0.2, 0) is 6.54 Å². The maximum atomic E-state index is 12.5. The quantitative estimate of drug-likeness (QED) is 0.654. The highest BCUT2D eigenvalue weighted by molar-refractivity contribution is 6.28. The Hall–Kier alpha value is -2.16. The summed E-state index contributed by atoms with van der Waals surface area (Å²) in [7, 11) is 0. The number of carbonyl (C=O) groups is 2. The van der Waals surface area contributed by atoms with E-state index in [1.165, 1.54) is 0 Å². The van der Waals surface area contributed by atoms with Gasteiger partial charge in [0.2, 0.25) is 5.78 Å². The number of nitrogens with zero attached hydrogens (tertiary/aromatic N) is 1. The van der Waals surface area contributed by atoms with Crippen LogP contribution in [0.2, 0.25) is 0 Å². The fraction of sp³-hybridized carbons (Fsp3) is 0.200. The van der Waals surface area contributed by atoms with Crippen LogP contribution in [0.1, 0.15) is 44.6 Å². The molecule has 18 heavy (non-hydrogen) atoms. The Morgan fingerprint density at radius 2 is 1.61 bits per heavy atom. The molecule has 3 rings (SSSR count). The summed E-state index contributed by atoms with van der Waals surface area (Å²) in [6, 6.07) is 8.84. The molecule has 0 saturated heterocycles. The predicted octanol–water partition coefficient (Wildman–Crippen LogP) is 2.59. The zero-order valence-electron chi connectivity index (χ0n) is 10.4. The van der Waals surface area contributed by atoms with E-state index in [4.69, 9.17) is 0 Å². The topological polar surface area (TPSA) is 39.1 Å². The maximum absolute atomic E-state index is 12.5. The van der Waals surface area contributed by atoms with Crippen molar-refractivity contribution in [1.29, 1.82) is 0 Å². The molecule has 1 aliphatic rings. The summed E-state index contributed by atoms with van der Waals surface area (Å²) >= 11 is 0. The van der Waals surface area contributed by atoms with Crippen molar-refractivity contribution in [2.24, 2.45) is 0 Å². The second-order valence-electron chi connectivity index (χ2n) is 4.50. The third-order valence-electron chi connectivity index (χ3n) is 3.50. The lowest BCUT2D eigenvalue weighted by Crippen LogP contribution is -2.22. The molecular weight excluding hydrogens is 226 g/mol. The van der Waals surface area contributed by atoms with Crippen LogP contribution in [0.15, 0.2) is 30.3 Å². The molecule has 0 atom stereocenters. The fourth-order valence-electron chi connectivity index (χ4n) is 2.65. The van der Waals surface area contributed by atoms with Gasteiger partial charge in [0.25, 0.3) is 0 Å². The van der Waals surface area contributed by atoms with Gasteiger partial charge in [0.1, 0.15) is 5.69 Å². The van der Waals surface area contributed by atoms with E-state index >= 15 is 0 Å². The Kier molecular flexibility index (Phi) is 2.23. The summed E-state index contributed by atoms with van der Waals surface area (Å²) in [6.45, 7) is 4.60. The lowest BCUT2D eigenvalue weighted by atomic mass is 9.88. The second kappa shape index (κ2) is 3.67.